The molecule has 0 aliphatic heterocycles. The Kier molecular flexibility index (Phi) is 9.51. The van der Waals surface area contributed by atoms with E-state index in [1.165, 1.54) is 19.3 Å². The summed E-state index contributed by atoms with van der Waals surface area (Å²) in [5.74, 6) is 0. The fourth-order valence-corrected chi connectivity index (χ4v) is 1.37. The Hall–Kier alpha value is 0.170. The molecule has 0 aromatic heterocycles. The number of nitrogens with zero attached hydrogens (tertiary/aromatic N) is 1. The minimum Gasteiger partial charge on any atom is -0.302 e. The van der Waals surface area contributed by atoms with Gasteiger partial charge in [-0.25, -0.2) is 9.48 Å². The Morgan fingerprint density at radius 1 is 1.13 bits per heavy atom. The molecular formula is C11H26ClN2O+. The van der Waals surface area contributed by atoms with Crippen molar-refractivity contribution >= 4 is 11.8 Å². The first kappa shape index (κ1) is 15.2. The molecule has 0 spiro atoms. The molecule has 0 aromatic rings. The number of hydrogen-bond acceptors (Lipinski definition) is 2. The summed E-state index contributed by atoms with van der Waals surface area (Å²) in [5.41, 5.74) is 2.98. The molecular weight excluding hydrogens is 212 g/mol. The summed E-state index contributed by atoms with van der Waals surface area (Å²) < 4.78 is 0.518. The van der Waals surface area contributed by atoms with E-state index in [1.807, 2.05) is 14.1 Å². The lowest BCUT2D eigenvalue weighted by Crippen LogP contribution is -2.29. The summed E-state index contributed by atoms with van der Waals surface area (Å²) in [6.07, 6.45) is 5.89. The Morgan fingerprint density at radius 2 is 1.87 bits per heavy atom. The molecule has 0 saturated heterocycles. The summed E-state index contributed by atoms with van der Waals surface area (Å²) in [6, 6.07) is 0. The van der Waals surface area contributed by atoms with Crippen LogP contribution >= 0.6 is 11.8 Å². The number of nitrogens with one attached hydrogen (secondary N) is 1. The topological polar surface area (TPSA) is 21.3 Å². The normalized spacial score (nSPS) is 12.0. The molecule has 0 unspecified atom stereocenters. The van der Waals surface area contributed by atoms with Crippen molar-refractivity contribution in [2.24, 2.45) is 0 Å². The van der Waals surface area contributed by atoms with Gasteiger partial charge >= 0.3 is 0 Å². The van der Waals surface area contributed by atoms with Gasteiger partial charge in [0.15, 0.2) is 11.8 Å². The van der Waals surface area contributed by atoms with E-state index in [-0.39, 0.29) is 0 Å². The van der Waals surface area contributed by atoms with Crippen LogP contribution in [0.1, 0.15) is 39.0 Å². The molecule has 0 heterocycles. The van der Waals surface area contributed by atoms with Gasteiger partial charge in [0.05, 0.1) is 27.2 Å². The zero-order valence-corrected chi connectivity index (χ0v) is 11.1. The van der Waals surface area contributed by atoms with E-state index in [0.717, 1.165) is 32.5 Å². The van der Waals surface area contributed by atoms with Crippen LogP contribution in [0.2, 0.25) is 0 Å². The second-order valence-corrected chi connectivity index (χ2v) is 5.33. The maximum atomic E-state index is 6.01. The fourth-order valence-electron chi connectivity index (χ4n) is 1.25. The molecule has 92 valence electrons. The van der Waals surface area contributed by atoms with E-state index >= 15 is 0 Å². The highest BCUT2D eigenvalue weighted by atomic mass is 35.5. The van der Waals surface area contributed by atoms with Gasteiger partial charge < -0.3 is 4.84 Å². The van der Waals surface area contributed by atoms with Gasteiger partial charge in [-0.2, -0.15) is 0 Å². The third kappa shape index (κ3) is 14.2. The lowest BCUT2D eigenvalue weighted by atomic mass is 10.3. The third-order valence-corrected chi connectivity index (χ3v) is 2.34. The molecule has 15 heavy (non-hydrogen) atoms. The Labute approximate surface area is 99.4 Å². The minimum atomic E-state index is 0.518. The average Bonchev–Trinajstić information content (AvgIpc) is 2.14. The lowest BCUT2D eigenvalue weighted by molar-refractivity contribution is -0.771. The Balaban J connectivity index is 2.99. The third-order valence-electron chi connectivity index (χ3n) is 2.17. The number of hydrogen-bond donors (Lipinski definition) is 1. The maximum absolute atomic E-state index is 6.01. The smallest absolute Gasteiger partial charge is 0.164 e. The van der Waals surface area contributed by atoms with Crippen molar-refractivity contribution in [1.82, 2.24) is 5.48 Å². The number of quaternary nitrogens is 1. The molecule has 0 fully saturated rings. The summed E-state index contributed by atoms with van der Waals surface area (Å²) >= 11 is 6.01. The average molecular weight is 238 g/mol. The van der Waals surface area contributed by atoms with Gasteiger partial charge in [0.1, 0.15) is 0 Å². The first-order valence-corrected chi connectivity index (χ1v) is 6.27. The predicted octanol–water partition coefficient (Wildman–Crippen LogP) is 2.71. The van der Waals surface area contributed by atoms with Crippen LogP contribution in [0.3, 0.4) is 0 Å². The van der Waals surface area contributed by atoms with Crippen LogP contribution in [0, 0.1) is 0 Å². The van der Waals surface area contributed by atoms with Crippen molar-refractivity contribution in [3.05, 3.63) is 0 Å². The van der Waals surface area contributed by atoms with Gasteiger partial charge in [-0.1, -0.05) is 19.8 Å². The molecule has 0 atom stereocenters. The SMILES string of the molecule is CCCCCNOCCCC[N+](C)(C)Cl. The summed E-state index contributed by atoms with van der Waals surface area (Å²) in [7, 11) is 3.98. The molecule has 4 heteroatoms. The van der Waals surface area contributed by atoms with E-state index in [2.05, 4.69) is 12.4 Å². The molecule has 0 saturated carbocycles. The Morgan fingerprint density at radius 3 is 2.47 bits per heavy atom. The zero-order chi connectivity index (χ0) is 11.6. The van der Waals surface area contributed by atoms with Crippen molar-refractivity contribution in [1.29, 1.82) is 0 Å². The van der Waals surface area contributed by atoms with E-state index < -0.39 is 0 Å². The van der Waals surface area contributed by atoms with Gasteiger partial charge in [0.25, 0.3) is 0 Å². The lowest BCUT2D eigenvalue weighted by Gasteiger charge is -2.17. The van der Waals surface area contributed by atoms with Gasteiger partial charge in [-0.05, 0) is 12.8 Å². The standard InChI is InChI=1S/C11H26ClN2O/c1-4-5-6-9-13-15-11-8-7-10-14(2,3)12/h13H,4-11H2,1-3H3/q+1. The predicted molar refractivity (Wildman–Crippen MR) is 65.5 cm³/mol. The van der Waals surface area contributed by atoms with Crippen molar-refractivity contribution in [3.8, 4) is 0 Å². The number of halogens is 1. The van der Waals surface area contributed by atoms with Crippen molar-refractivity contribution in [2.45, 2.75) is 39.0 Å². The summed E-state index contributed by atoms with van der Waals surface area (Å²) in [6.45, 7) is 4.93. The van der Waals surface area contributed by atoms with Crippen LogP contribution in [-0.4, -0.2) is 37.8 Å². The largest absolute Gasteiger partial charge is 0.302 e. The highest BCUT2D eigenvalue weighted by molar-refractivity contribution is 6.06. The van der Waals surface area contributed by atoms with Crippen molar-refractivity contribution in [2.75, 3.05) is 33.8 Å². The zero-order valence-electron chi connectivity index (χ0n) is 10.4. The first-order chi connectivity index (χ1) is 7.06. The van der Waals surface area contributed by atoms with E-state index in [4.69, 9.17) is 16.6 Å². The number of hydroxylamine groups is 1. The van der Waals surface area contributed by atoms with Crippen LogP contribution in [0.5, 0.6) is 0 Å². The fraction of sp³-hybridized carbons (Fsp3) is 1.00. The molecule has 1 N–H and O–H groups in total. The minimum absolute atomic E-state index is 0.518. The molecule has 0 amide bonds. The number of unbranched alkanes of at least 4 members (excludes halogenated alkanes) is 3. The van der Waals surface area contributed by atoms with Gasteiger partial charge in [0.2, 0.25) is 0 Å². The second kappa shape index (κ2) is 9.40. The molecule has 0 rings (SSSR count). The van der Waals surface area contributed by atoms with Crippen LogP contribution in [0.25, 0.3) is 0 Å². The molecule has 0 aliphatic carbocycles. The maximum Gasteiger partial charge on any atom is 0.164 e. The molecule has 0 aromatic carbocycles. The highest BCUT2D eigenvalue weighted by Crippen LogP contribution is 2.04. The Bertz CT molecular complexity index is 137. The molecule has 0 bridgehead atoms. The highest BCUT2D eigenvalue weighted by Gasteiger charge is 2.09. The van der Waals surface area contributed by atoms with Gasteiger partial charge in [0, 0.05) is 13.0 Å². The van der Waals surface area contributed by atoms with Gasteiger partial charge in [-0.15, -0.1) is 0 Å². The van der Waals surface area contributed by atoms with E-state index in [9.17, 15) is 0 Å². The first-order valence-electron chi connectivity index (χ1n) is 5.93. The molecule has 0 aliphatic rings. The van der Waals surface area contributed by atoms with Crippen molar-refractivity contribution < 1.29 is 8.84 Å². The quantitative estimate of drug-likeness (QED) is 0.358. The van der Waals surface area contributed by atoms with Crippen LogP contribution in [-0.2, 0) is 4.84 Å². The van der Waals surface area contributed by atoms with Crippen molar-refractivity contribution in [3.63, 3.8) is 0 Å². The molecule has 3 nitrogen and oxygen atoms in total. The van der Waals surface area contributed by atoms with E-state index in [0.29, 0.717) is 4.00 Å². The second-order valence-electron chi connectivity index (χ2n) is 4.42. The summed E-state index contributed by atoms with van der Waals surface area (Å²) in [5, 5.41) is 0. The van der Waals surface area contributed by atoms with E-state index in [1.54, 1.807) is 0 Å². The molecule has 0 radical (unpaired) electrons. The van der Waals surface area contributed by atoms with Gasteiger partial charge in [-0.3, -0.25) is 0 Å². The summed E-state index contributed by atoms with van der Waals surface area (Å²) in [4.78, 5) is 5.29. The number of rotatable bonds is 10. The van der Waals surface area contributed by atoms with Crippen LogP contribution in [0.4, 0.5) is 0 Å². The monoisotopic (exact) mass is 237 g/mol. The van der Waals surface area contributed by atoms with Crippen LogP contribution < -0.4 is 5.48 Å². The van der Waals surface area contributed by atoms with Crippen LogP contribution in [0.15, 0.2) is 0 Å².